The number of carbonyl (C=O) groups excluding carboxylic acids is 1. The molecule has 2 nitrogen and oxygen atoms in total. The summed E-state index contributed by atoms with van der Waals surface area (Å²) >= 11 is 0. The first kappa shape index (κ1) is 9.20. The lowest BCUT2D eigenvalue weighted by Gasteiger charge is -2.48. The number of unbranched alkanes of at least 4 members (excludes halogenated alkanes) is 1. The van der Waals surface area contributed by atoms with E-state index in [9.17, 15) is 4.79 Å². The fraction of sp³-hybridized carbons (Fsp3) is 0.615. The largest absolute Gasteiger partial charge is 0.338 e. The Morgan fingerprint density at radius 1 is 1.47 bits per heavy atom. The van der Waals surface area contributed by atoms with Crippen molar-refractivity contribution in [3.63, 3.8) is 0 Å². The molecule has 0 aromatic heterocycles. The quantitative estimate of drug-likeness (QED) is 0.389. The molecule has 3 rings (SSSR count). The number of fused-ring (bicyclic) bond motifs is 5. The molecule has 0 spiro atoms. The molecule has 2 bridgehead atoms. The van der Waals surface area contributed by atoms with Gasteiger partial charge in [-0.2, -0.15) is 0 Å². The smallest absolute Gasteiger partial charge is 0.228 e. The number of nitrogens with zero attached hydrogens (tertiary/aromatic N) is 1. The lowest BCUT2D eigenvalue weighted by molar-refractivity contribution is -0.157. The minimum absolute atomic E-state index is 0.351. The van der Waals surface area contributed by atoms with E-state index in [1.165, 1.54) is 6.42 Å². The fourth-order valence-electron chi connectivity index (χ4n) is 3.47. The van der Waals surface area contributed by atoms with Crippen molar-refractivity contribution < 1.29 is 4.79 Å². The van der Waals surface area contributed by atoms with Gasteiger partial charge in [-0.3, -0.25) is 4.79 Å². The summed E-state index contributed by atoms with van der Waals surface area (Å²) in [5.41, 5.74) is 0. The van der Waals surface area contributed by atoms with Crippen LogP contribution in [0.4, 0.5) is 0 Å². The van der Waals surface area contributed by atoms with Crippen LogP contribution in [0.3, 0.4) is 0 Å². The van der Waals surface area contributed by atoms with E-state index in [2.05, 4.69) is 23.6 Å². The van der Waals surface area contributed by atoms with Crippen LogP contribution < -0.4 is 0 Å². The summed E-state index contributed by atoms with van der Waals surface area (Å²) in [4.78, 5) is 14.0. The van der Waals surface area contributed by atoms with Crippen LogP contribution in [0, 0.1) is 17.8 Å². The highest BCUT2D eigenvalue weighted by molar-refractivity contribution is 5.88. The van der Waals surface area contributed by atoms with Crippen LogP contribution in [0.15, 0.2) is 24.8 Å². The van der Waals surface area contributed by atoms with Crippen LogP contribution in [0.5, 0.6) is 0 Å². The summed E-state index contributed by atoms with van der Waals surface area (Å²) in [5.74, 6) is 1.99. The van der Waals surface area contributed by atoms with Crippen molar-refractivity contribution in [2.45, 2.75) is 25.3 Å². The van der Waals surface area contributed by atoms with Crippen LogP contribution in [-0.2, 0) is 4.79 Å². The molecule has 0 unspecified atom stereocenters. The molecule has 2 fully saturated rings. The van der Waals surface area contributed by atoms with Gasteiger partial charge in [-0.05, 0) is 31.1 Å². The molecule has 1 saturated heterocycles. The molecule has 15 heavy (non-hydrogen) atoms. The van der Waals surface area contributed by atoms with Crippen LogP contribution >= 0.6 is 0 Å². The third-order valence-corrected chi connectivity index (χ3v) is 4.15. The molecule has 1 heterocycles. The van der Waals surface area contributed by atoms with Gasteiger partial charge in [-0.1, -0.05) is 18.2 Å². The molecule has 3 aliphatic rings. The van der Waals surface area contributed by atoms with Crippen LogP contribution in [0.25, 0.3) is 0 Å². The first-order valence-electron chi connectivity index (χ1n) is 5.92. The van der Waals surface area contributed by atoms with Gasteiger partial charge in [0.2, 0.25) is 5.91 Å². The summed E-state index contributed by atoms with van der Waals surface area (Å²) in [6.07, 6.45) is 9.82. The topological polar surface area (TPSA) is 20.3 Å². The molecule has 0 aromatic rings. The minimum Gasteiger partial charge on any atom is -0.338 e. The Morgan fingerprint density at radius 3 is 3.07 bits per heavy atom. The van der Waals surface area contributed by atoms with E-state index in [4.69, 9.17) is 0 Å². The Balaban J connectivity index is 1.65. The molecule has 1 aliphatic heterocycles. The van der Waals surface area contributed by atoms with E-state index < -0.39 is 0 Å². The minimum atomic E-state index is 0.351. The van der Waals surface area contributed by atoms with Crippen molar-refractivity contribution in [2.24, 2.45) is 17.8 Å². The molecule has 80 valence electrons. The lowest BCUT2D eigenvalue weighted by atomic mass is 9.79. The van der Waals surface area contributed by atoms with Gasteiger partial charge in [0.25, 0.3) is 0 Å². The van der Waals surface area contributed by atoms with E-state index in [1.54, 1.807) is 0 Å². The summed E-state index contributed by atoms with van der Waals surface area (Å²) in [7, 11) is 0. The zero-order chi connectivity index (χ0) is 10.4. The number of amides is 1. The summed E-state index contributed by atoms with van der Waals surface area (Å²) < 4.78 is 0. The number of rotatable bonds is 4. The van der Waals surface area contributed by atoms with Gasteiger partial charge in [0.1, 0.15) is 0 Å². The summed E-state index contributed by atoms with van der Waals surface area (Å²) in [6, 6.07) is 0.553. The van der Waals surface area contributed by atoms with Gasteiger partial charge < -0.3 is 4.90 Å². The monoisotopic (exact) mass is 203 g/mol. The Morgan fingerprint density at radius 2 is 2.27 bits per heavy atom. The van der Waals surface area contributed by atoms with Crippen molar-refractivity contribution in [1.29, 1.82) is 0 Å². The Hall–Kier alpha value is -1.05. The number of likely N-dealkylation sites (tertiary alicyclic amines) is 1. The van der Waals surface area contributed by atoms with Crippen molar-refractivity contribution in [2.75, 3.05) is 6.54 Å². The second-order valence-electron chi connectivity index (χ2n) is 4.93. The number of hydrogen-bond donors (Lipinski definition) is 0. The summed E-state index contributed by atoms with van der Waals surface area (Å²) in [6.45, 7) is 4.64. The maximum Gasteiger partial charge on any atom is 0.228 e. The van der Waals surface area contributed by atoms with Gasteiger partial charge in [-0.25, -0.2) is 0 Å². The first-order chi connectivity index (χ1) is 7.33. The van der Waals surface area contributed by atoms with Crippen LogP contribution in [0.1, 0.15) is 19.3 Å². The maximum absolute atomic E-state index is 11.9. The molecule has 0 aromatic carbocycles. The highest BCUT2D eigenvalue weighted by Gasteiger charge is 2.59. The van der Waals surface area contributed by atoms with Crippen molar-refractivity contribution in [3.8, 4) is 0 Å². The molecule has 2 aliphatic carbocycles. The third-order valence-electron chi connectivity index (χ3n) is 4.15. The SMILES string of the molecule is C=CCCCN1C(=O)[C@H]2[C@@H]1[C@@H]1C=C[C@H]2C1. The molecule has 0 radical (unpaired) electrons. The average Bonchev–Trinajstić information content (AvgIpc) is 2.81. The Labute approximate surface area is 90.6 Å². The molecule has 4 atom stereocenters. The average molecular weight is 203 g/mol. The normalized spacial score (nSPS) is 40.5. The molecule has 1 saturated carbocycles. The number of β-lactam (4-membered cyclic amide) rings is 1. The van der Waals surface area contributed by atoms with Gasteiger partial charge in [-0.15, -0.1) is 6.58 Å². The van der Waals surface area contributed by atoms with E-state index in [0.717, 1.165) is 19.4 Å². The molecule has 1 amide bonds. The standard InChI is InChI=1S/C13H17NO/c1-2-3-4-7-14-12-10-6-5-9(8-10)11(12)13(14)15/h2,5-6,9-12H,1,3-4,7-8H2/t9-,10+,11+,12-/m0/s1. The highest BCUT2D eigenvalue weighted by Crippen LogP contribution is 2.52. The van der Waals surface area contributed by atoms with Gasteiger partial charge in [0, 0.05) is 6.54 Å². The van der Waals surface area contributed by atoms with E-state index in [-0.39, 0.29) is 0 Å². The van der Waals surface area contributed by atoms with Gasteiger partial charge in [0.05, 0.1) is 12.0 Å². The third kappa shape index (κ3) is 1.14. The van der Waals surface area contributed by atoms with Crippen molar-refractivity contribution >= 4 is 5.91 Å². The molecule has 0 N–H and O–H groups in total. The van der Waals surface area contributed by atoms with Gasteiger partial charge in [0.15, 0.2) is 0 Å². The Bertz CT molecular complexity index is 333. The zero-order valence-corrected chi connectivity index (χ0v) is 8.93. The maximum atomic E-state index is 11.9. The van der Waals surface area contributed by atoms with Crippen LogP contribution in [0.2, 0.25) is 0 Å². The van der Waals surface area contributed by atoms with E-state index >= 15 is 0 Å². The number of allylic oxidation sites excluding steroid dienone is 2. The predicted molar refractivity (Wildman–Crippen MR) is 59.2 cm³/mol. The lowest BCUT2D eigenvalue weighted by Crippen LogP contribution is -2.62. The fourth-order valence-corrected chi connectivity index (χ4v) is 3.47. The highest BCUT2D eigenvalue weighted by atomic mass is 16.2. The van der Waals surface area contributed by atoms with Gasteiger partial charge >= 0.3 is 0 Å². The number of hydrogen-bond acceptors (Lipinski definition) is 1. The zero-order valence-electron chi connectivity index (χ0n) is 8.93. The molecule has 2 heteroatoms. The predicted octanol–water partition coefficient (Wildman–Crippen LogP) is 1.99. The van der Waals surface area contributed by atoms with Crippen LogP contribution in [-0.4, -0.2) is 23.4 Å². The first-order valence-corrected chi connectivity index (χ1v) is 5.92. The second kappa shape index (κ2) is 3.22. The summed E-state index contributed by atoms with van der Waals surface area (Å²) in [5, 5.41) is 0. The Kier molecular flexibility index (Phi) is 1.98. The molecular formula is C13H17NO. The number of carbonyl (C=O) groups is 1. The van der Waals surface area contributed by atoms with E-state index in [1.807, 2.05) is 6.08 Å². The second-order valence-corrected chi connectivity index (χ2v) is 4.93. The van der Waals surface area contributed by atoms with E-state index in [0.29, 0.717) is 29.7 Å². The van der Waals surface area contributed by atoms with Crippen molar-refractivity contribution in [3.05, 3.63) is 24.8 Å². The molecular weight excluding hydrogens is 186 g/mol. The van der Waals surface area contributed by atoms with Crippen molar-refractivity contribution in [1.82, 2.24) is 4.90 Å².